The van der Waals surface area contributed by atoms with Gasteiger partial charge in [0.05, 0.1) is 13.2 Å². The van der Waals surface area contributed by atoms with Gasteiger partial charge in [-0.1, -0.05) is 25.5 Å². The van der Waals surface area contributed by atoms with Gasteiger partial charge in [0.25, 0.3) is 0 Å². The summed E-state index contributed by atoms with van der Waals surface area (Å²) in [4.78, 5) is 0. The Morgan fingerprint density at radius 3 is 2.81 bits per heavy atom. The second-order valence-electron chi connectivity index (χ2n) is 4.19. The average molecular weight is 222 g/mol. The van der Waals surface area contributed by atoms with E-state index in [2.05, 4.69) is 19.1 Å². The molecule has 0 fully saturated rings. The van der Waals surface area contributed by atoms with E-state index in [1.54, 1.807) is 7.11 Å². The molecule has 0 bridgehead atoms. The minimum Gasteiger partial charge on any atom is -0.497 e. The average Bonchev–Trinajstić information content (AvgIpc) is 2.30. The zero-order chi connectivity index (χ0) is 11.8. The van der Waals surface area contributed by atoms with Gasteiger partial charge in [0.2, 0.25) is 0 Å². The van der Waals surface area contributed by atoms with E-state index in [-0.39, 0.29) is 6.10 Å². The van der Waals surface area contributed by atoms with Crippen molar-refractivity contribution in [3.63, 3.8) is 0 Å². The van der Waals surface area contributed by atoms with Crippen LogP contribution in [0.5, 0.6) is 5.75 Å². The maximum absolute atomic E-state index is 9.60. The Morgan fingerprint density at radius 1 is 1.31 bits per heavy atom. The Morgan fingerprint density at radius 2 is 2.12 bits per heavy atom. The van der Waals surface area contributed by atoms with E-state index in [1.165, 1.54) is 5.56 Å². The Bertz CT molecular complexity index is 297. The van der Waals surface area contributed by atoms with Crippen LogP contribution in [0.3, 0.4) is 0 Å². The first-order valence-electron chi connectivity index (χ1n) is 6.07. The quantitative estimate of drug-likeness (QED) is 0.767. The summed E-state index contributed by atoms with van der Waals surface area (Å²) in [5.41, 5.74) is 1.28. The normalized spacial score (nSPS) is 12.4. The van der Waals surface area contributed by atoms with Crippen molar-refractivity contribution in [2.45, 2.75) is 45.1 Å². The van der Waals surface area contributed by atoms with Crippen molar-refractivity contribution in [3.05, 3.63) is 29.8 Å². The van der Waals surface area contributed by atoms with Gasteiger partial charge < -0.3 is 9.84 Å². The van der Waals surface area contributed by atoms with Crippen LogP contribution in [0.4, 0.5) is 0 Å². The SMILES string of the molecule is CCCC(O)CCCc1cccc(OC)c1. The minimum atomic E-state index is -0.129. The van der Waals surface area contributed by atoms with Crippen molar-refractivity contribution in [2.75, 3.05) is 7.11 Å². The number of aliphatic hydroxyl groups excluding tert-OH is 1. The first-order valence-corrected chi connectivity index (χ1v) is 6.07. The summed E-state index contributed by atoms with van der Waals surface area (Å²) in [6, 6.07) is 8.13. The van der Waals surface area contributed by atoms with Gasteiger partial charge in [-0.2, -0.15) is 0 Å². The second kappa shape index (κ2) is 7.29. The number of aliphatic hydroxyl groups is 1. The molecule has 2 nitrogen and oxygen atoms in total. The van der Waals surface area contributed by atoms with Crippen molar-refractivity contribution in [1.82, 2.24) is 0 Å². The molecule has 1 aromatic carbocycles. The van der Waals surface area contributed by atoms with Crippen LogP contribution in [0.15, 0.2) is 24.3 Å². The molecule has 0 amide bonds. The summed E-state index contributed by atoms with van der Waals surface area (Å²) in [6.07, 6.45) is 4.78. The van der Waals surface area contributed by atoms with Crippen molar-refractivity contribution in [1.29, 1.82) is 0 Å². The molecule has 1 atom stereocenters. The molecule has 0 saturated carbocycles. The zero-order valence-electron chi connectivity index (χ0n) is 10.3. The molecule has 90 valence electrons. The molecule has 0 aromatic heterocycles. The Hall–Kier alpha value is -1.02. The molecule has 0 saturated heterocycles. The van der Waals surface area contributed by atoms with Gasteiger partial charge in [0.15, 0.2) is 0 Å². The highest BCUT2D eigenvalue weighted by Crippen LogP contribution is 2.15. The molecule has 1 aromatic rings. The Labute approximate surface area is 98.3 Å². The van der Waals surface area contributed by atoms with E-state index in [1.807, 2.05) is 12.1 Å². The summed E-state index contributed by atoms with van der Waals surface area (Å²) < 4.78 is 5.17. The molecule has 0 aliphatic heterocycles. The molecule has 1 unspecified atom stereocenters. The van der Waals surface area contributed by atoms with E-state index < -0.39 is 0 Å². The predicted molar refractivity (Wildman–Crippen MR) is 66.8 cm³/mol. The third-order valence-corrected chi connectivity index (χ3v) is 2.76. The monoisotopic (exact) mass is 222 g/mol. The lowest BCUT2D eigenvalue weighted by Gasteiger charge is -2.09. The molecular formula is C14H22O2. The molecule has 0 aliphatic rings. The van der Waals surface area contributed by atoms with Gasteiger partial charge in [0, 0.05) is 0 Å². The van der Waals surface area contributed by atoms with Crippen molar-refractivity contribution >= 4 is 0 Å². The van der Waals surface area contributed by atoms with Crippen LogP contribution in [0.1, 0.15) is 38.2 Å². The molecular weight excluding hydrogens is 200 g/mol. The minimum absolute atomic E-state index is 0.129. The van der Waals surface area contributed by atoms with Crippen LogP contribution < -0.4 is 4.74 Å². The molecule has 16 heavy (non-hydrogen) atoms. The molecule has 1 N–H and O–H groups in total. The van der Waals surface area contributed by atoms with Crippen LogP contribution >= 0.6 is 0 Å². The van der Waals surface area contributed by atoms with Crippen LogP contribution in [0, 0.1) is 0 Å². The van der Waals surface area contributed by atoms with Gasteiger partial charge in [-0.25, -0.2) is 0 Å². The van der Waals surface area contributed by atoms with Crippen molar-refractivity contribution < 1.29 is 9.84 Å². The lowest BCUT2D eigenvalue weighted by atomic mass is 10.0. The first-order chi connectivity index (χ1) is 7.76. The number of benzene rings is 1. The number of rotatable bonds is 7. The lowest BCUT2D eigenvalue weighted by molar-refractivity contribution is 0.151. The summed E-state index contributed by atoms with van der Waals surface area (Å²) >= 11 is 0. The lowest BCUT2D eigenvalue weighted by Crippen LogP contribution is -2.05. The third kappa shape index (κ3) is 4.67. The van der Waals surface area contributed by atoms with Crippen LogP contribution in [0.25, 0.3) is 0 Å². The van der Waals surface area contributed by atoms with Gasteiger partial charge in [-0.05, 0) is 43.4 Å². The second-order valence-corrected chi connectivity index (χ2v) is 4.19. The van der Waals surface area contributed by atoms with E-state index in [0.717, 1.165) is 37.9 Å². The van der Waals surface area contributed by atoms with Crippen LogP contribution in [-0.4, -0.2) is 18.3 Å². The first kappa shape index (κ1) is 13.0. The summed E-state index contributed by atoms with van der Waals surface area (Å²) in [6.45, 7) is 2.10. The smallest absolute Gasteiger partial charge is 0.119 e. The number of ether oxygens (including phenoxy) is 1. The summed E-state index contributed by atoms with van der Waals surface area (Å²) in [5, 5.41) is 9.60. The van der Waals surface area contributed by atoms with Crippen molar-refractivity contribution in [3.8, 4) is 5.75 Å². The topological polar surface area (TPSA) is 29.5 Å². The molecule has 0 aliphatic carbocycles. The fourth-order valence-corrected chi connectivity index (χ4v) is 1.85. The van der Waals surface area contributed by atoms with E-state index >= 15 is 0 Å². The molecule has 0 spiro atoms. The maximum Gasteiger partial charge on any atom is 0.119 e. The third-order valence-electron chi connectivity index (χ3n) is 2.76. The number of hydrogen-bond donors (Lipinski definition) is 1. The van der Waals surface area contributed by atoms with E-state index in [4.69, 9.17) is 4.74 Å². The Balaban J connectivity index is 2.31. The zero-order valence-corrected chi connectivity index (χ0v) is 10.3. The van der Waals surface area contributed by atoms with Gasteiger partial charge in [-0.3, -0.25) is 0 Å². The van der Waals surface area contributed by atoms with E-state index in [9.17, 15) is 5.11 Å². The van der Waals surface area contributed by atoms with Crippen molar-refractivity contribution in [2.24, 2.45) is 0 Å². The molecule has 1 rings (SSSR count). The standard InChI is InChI=1S/C14H22O2/c1-3-6-13(15)9-4-7-12-8-5-10-14(11-12)16-2/h5,8,10-11,13,15H,3-4,6-7,9H2,1-2H3. The Kier molecular flexibility index (Phi) is 5.94. The van der Waals surface area contributed by atoms with Gasteiger partial charge in [-0.15, -0.1) is 0 Å². The largest absolute Gasteiger partial charge is 0.497 e. The van der Waals surface area contributed by atoms with Crippen LogP contribution in [-0.2, 0) is 6.42 Å². The predicted octanol–water partition coefficient (Wildman–Crippen LogP) is 3.18. The fraction of sp³-hybridized carbons (Fsp3) is 0.571. The fourth-order valence-electron chi connectivity index (χ4n) is 1.85. The summed E-state index contributed by atoms with van der Waals surface area (Å²) in [5.74, 6) is 0.909. The highest BCUT2D eigenvalue weighted by atomic mass is 16.5. The maximum atomic E-state index is 9.60. The number of methoxy groups -OCH3 is 1. The van der Waals surface area contributed by atoms with Crippen LogP contribution in [0.2, 0.25) is 0 Å². The van der Waals surface area contributed by atoms with E-state index in [0.29, 0.717) is 0 Å². The molecule has 0 radical (unpaired) electrons. The van der Waals surface area contributed by atoms with Gasteiger partial charge >= 0.3 is 0 Å². The van der Waals surface area contributed by atoms with Gasteiger partial charge in [0.1, 0.15) is 5.75 Å². The highest BCUT2D eigenvalue weighted by Gasteiger charge is 2.02. The highest BCUT2D eigenvalue weighted by molar-refractivity contribution is 5.28. The molecule has 2 heteroatoms. The number of aryl methyl sites for hydroxylation is 1. The summed E-state index contributed by atoms with van der Waals surface area (Å²) in [7, 11) is 1.68. The number of hydrogen-bond acceptors (Lipinski definition) is 2. The molecule has 0 heterocycles.